The molecule has 1 heterocycles. The van der Waals surface area contributed by atoms with Gasteiger partial charge in [0, 0.05) is 5.69 Å². The van der Waals surface area contributed by atoms with Gasteiger partial charge < -0.3 is 10.1 Å². The molecule has 33 heavy (non-hydrogen) atoms. The van der Waals surface area contributed by atoms with Crippen LogP contribution in [-0.2, 0) is 9.59 Å². The number of aryl methyl sites for hydroxylation is 2. The first-order valence-corrected chi connectivity index (χ1v) is 10.7. The van der Waals surface area contributed by atoms with Crippen LogP contribution in [0.2, 0.25) is 0 Å². The average molecular weight is 440 g/mol. The first-order valence-electron chi connectivity index (χ1n) is 10.7. The average Bonchev–Trinajstić information content (AvgIpc) is 3.09. The number of anilines is 2. The lowest BCUT2D eigenvalue weighted by Crippen LogP contribution is -2.21. The molecular formula is C27H25N3O3. The molecule has 0 unspecified atom stereocenters. The molecule has 4 rings (SSSR count). The van der Waals surface area contributed by atoms with Gasteiger partial charge in [-0.3, -0.25) is 9.59 Å². The van der Waals surface area contributed by atoms with E-state index in [2.05, 4.69) is 10.4 Å². The summed E-state index contributed by atoms with van der Waals surface area (Å²) >= 11 is 0. The van der Waals surface area contributed by atoms with Gasteiger partial charge in [0.1, 0.15) is 5.75 Å². The summed E-state index contributed by atoms with van der Waals surface area (Å²) in [4.78, 5) is 25.2. The lowest BCUT2D eigenvalue weighted by molar-refractivity contribution is -0.118. The van der Waals surface area contributed by atoms with Gasteiger partial charge in [0.05, 0.1) is 17.0 Å². The number of hydrogen-bond acceptors (Lipinski definition) is 4. The third-order valence-corrected chi connectivity index (χ3v) is 5.39. The van der Waals surface area contributed by atoms with Crippen LogP contribution >= 0.6 is 0 Å². The van der Waals surface area contributed by atoms with Crippen molar-refractivity contribution < 1.29 is 14.3 Å². The van der Waals surface area contributed by atoms with E-state index >= 15 is 0 Å². The molecule has 0 spiro atoms. The van der Waals surface area contributed by atoms with Gasteiger partial charge in [0.15, 0.2) is 6.61 Å². The van der Waals surface area contributed by atoms with Crippen LogP contribution in [0.4, 0.5) is 11.4 Å². The van der Waals surface area contributed by atoms with E-state index in [4.69, 9.17) is 4.74 Å². The fourth-order valence-corrected chi connectivity index (χ4v) is 3.45. The Morgan fingerprint density at radius 2 is 1.76 bits per heavy atom. The van der Waals surface area contributed by atoms with Crippen LogP contribution in [0.25, 0.3) is 6.08 Å². The summed E-state index contributed by atoms with van der Waals surface area (Å²) in [6.07, 6.45) is 1.78. The molecule has 3 aromatic carbocycles. The zero-order chi connectivity index (χ0) is 23.4. The number of amides is 2. The van der Waals surface area contributed by atoms with E-state index in [9.17, 15) is 9.59 Å². The van der Waals surface area contributed by atoms with Gasteiger partial charge >= 0.3 is 0 Å². The highest BCUT2D eigenvalue weighted by Gasteiger charge is 2.28. The number of nitrogens with one attached hydrogen (secondary N) is 1. The van der Waals surface area contributed by atoms with Crippen molar-refractivity contribution in [2.45, 2.75) is 20.8 Å². The maximum atomic E-state index is 12.9. The molecule has 6 heteroatoms. The van der Waals surface area contributed by atoms with Crippen LogP contribution in [0.3, 0.4) is 0 Å². The van der Waals surface area contributed by atoms with Crippen molar-refractivity contribution >= 4 is 35.0 Å². The Kier molecular flexibility index (Phi) is 6.36. The summed E-state index contributed by atoms with van der Waals surface area (Å²) in [6.45, 7) is 5.72. The molecule has 3 aromatic rings. The second-order valence-corrected chi connectivity index (χ2v) is 7.90. The van der Waals surface area contributed by atoms with E-state index in [-0.39, 0.29) is 18.4 Å². The lowest BCUT2D eigenvalue weighted by atomic mass is 10.1. The van der Waals surface area contributed by atoms with E-state index in [1.165, 1.54) is 10.6 Å². The lowest BCUT2D eigenvalue weighted by Gasteiger charge is -2.11. The van der Waals surface area contributed by atoms with Crippen LogP contribution < -0.4 is 15.1 Å². The molecule has 1 aliphatic heterocycles. The van der Waals surface area contributed by atoms with E-state index in [1.54, 1.807) is 18.2 Å². The van der Waals surface area contributed by atoms with Gasteiger partial charge in [-0.15, -0.1) is 0 Å². The number of nitrogens with zero attached hydrogens (tertiary/aromatic N) is 2. The van der Waals surface area contributed by atoms with E-state index in [0.29, 0.717) is 17.0 Å². The zero-order valence-corrected chi connectivity index (χ0v) is 18.8. The van der Waals surface area contributed by atoms with Gasteiger partial charge in [-0.2, -0.15) is 10.1 Å². The van der Waals surface area contributed by atoms with Gasteiger partial charge in [-0.25, -0.2) is 0 Å². The Labute approximate surface area is 193 Å². The molecule has 1 N–H and O–H groups in total. The second kappa shape index (κ2) is 9.53. The van der Waals surface area contributed by atoms with Gasteiger partial charge in [0.25, 0.3) is 11.8 Å². The third kappa shape index (κ3) is 5.18. The van der Waals surface area contributed by atoms with Crippen molar-refractivity contribution in [3.05, 3.63) is 95.1 Å². The molecule has 0 radical (unpaired) electrons. The highest BCUT2D eigenvalue weighted by molar-refractivity contribution is 6.32. The Morgan fingerprint density at radius 1 is 0.970 bits per heavy atom. The number of hydrazone groups is 1. The largest absolute Gasteiger partial charge is 0.484 e. The molecule has 166 valence electrons. The minimum absolute atomic E-state index is 0.117. The molecule has 0 aromatic heterocycles. The number of benzene rings is 3. The molecule has 1 aliphatic rings. The Morgan fingerprint density at radius 3 is 2.52 bits per heavy atom. The van der Waals surface area contributed by atoms with Crippen LogP contribution in [-0.4, -0.2) is 24.1 Å². The molecule has 0 fully saturated rings. The summed E-state index contributed by atoms with van der Waals surface area (Å²) in [5.74, 6) is 0.117. The van der Waals surface area contributed by atoms with Crippen LogP contribution in [0.15, 0.2) is 83.5 Å². The number of ether oxygens (including phenoxy) is 1. The van der Waals surface area contributed by atoms with Crippen LogP contribution in [0.1, 0.15) is 23.6 Å². The van der Waals surface area contributed by atoms with Crippen molar-refractivity contribution in [2.75, 3.05) is 16.9 Å². The van der Waals surface area contributed by atoms with Crippen molar-refractivity contribution in [1.29, 1.82) is 0 Å². The fourth-order valence-electron chi connectivity index (χ4n) is 3.45. The standard InChI is InChI=1S/C27H25N3O3/c1-18-12-13-22(14-19(18)2)28-26(31)17-33-24-11-7-8-21(15-24)16-25-20(3)29-30(27(25)32)23-9-5-4-6-10-23/h4-16H,17H2,1-3H3,(H,28,31)/b25-16-. The molecule has 0 aliphatic carbocycles. The third-order valence-electron chi connectivity index (χ3n) is 5.39. The minimum Gasteiger partial charge on any atom is -0.484 e. The van der Waals surface area contributed by atoms with Crippen molar-refractivity contribution in [3.8, 4) is 5.75 Å². The summed E-state index contributed by atoms with van der Waals surface area (Å²) in [5, 5.41) is 8.64. The highest BCUT2D eigenvalue weighted by atomic mass is 16.5. The Balaban J connectivity index is 1.42. The number of carbonyl (C=O) groups excluding carboxylic acids is 2. The van der Waals surface area contributed by atoms with Crippen LogP contribution in [0.5, 0.6) is 5.75 Å². The SMILES string of the molecule is CC1=NN(c2ccccc2)C(=O)/C1=C\c1cccc(OCC(=O)Nc2ccc(C)c(C)c2)c1. The summed E-state index contributed by atoms with van der Waals surface area (Å²) in [5.41, 5.74) is 5.68. The van der Waals surface area contributed by atoms with Gasteiger partial charge in [-0.1, -0.05) is 36.4 Å². The molecule has 0 atom stereocenters. The van der Waals surface area contributed by atoms with Crippen LogP contribution in [0, 0.1) is 13.8 Å². The molecular weight excluding hydrogens is 414 g/mol. The molecule has 0 bridgehead atoms. The molecule has 0 saturated carbocycles. The Hall–Kier alpha value is -4.19. The number of para-hydroxylation sites is 1. The first-order chi connectivity index (χ1) is 15.9. The normalized spacial score (nSPS) is 14.4. The smallest absolute Gasteiger partial charge is 0.280 e. The topological polar surface area (TPSA) is 71.0 Å². The van der Waals surface area contributed by atoms with Gasteiger partial charge in [0.2, 0.25) is 0 Å². The predicted octanol–water partition coefficient (Wildman–Crippen LogP) is 5.13. The number of carbonyl (C=O) groups is 2. The van der Waals surface area contributed by atoms with Crippen molar-refractivity contribution in [3.63, 3.8) is 0 Å². The summed E-state index contributed by atoms with van der Waals surface area (Å²) in [6, 6.07) is 22.4. The summed E-state index contributed by atoms with van der Waals surface area (Å²) in [7, 11) is 0. The van der Waals surface area contributed by atoms with Gasteiger partial charge in [-0.05, 0) is 79.9 Å². The molecule has 2 amide bonds. The van der Waals surface area contributed by atoms with E-state index < -0.39 is 0 Å². The highest BCUT2D eigenvalue weighted by Crippen LogP contribution is 2.25. The van der Waals surface area contributed by atoms with E-state index in [1.807, 2.05) is 81.4 Å². The second-order valence-electron chi connectivity index (χ2n) is 7.90. The maximum absolute atomic E-state index is 12.9. The monoisotopic (exact) mass is 439 g/mol. The molecule has 0 saturated heterocycles. The quantitative estimate of drug-likeness (QED) is 0.542. The molecule has 6 nitrogen and oxygen atoms in total. The number of rotatable bonds is 6. The van der Waals surface area contributed by atoms with Crippen molar-refractivity contribution in [2.24, 2.45) is 5.10 Å². The fraction of sp³-hybridized carbons (Fsp3) is 0.148. The minimum atomic E-state index is -0.241. The first kappa shape index (κ1) is 22.0. The zero-order valence-electron chi connectivity index (χ0n) is 18.8. The van der Waals surface area contributed by atoms with E-state index in [0.717, 1.165) is 22.5 Å². The van der Waals surface area contributed by atoms with Crippen molar-refractivity contribution in [1.82, 2.24) is 0 Å². The maximum Gasteiger partial charge on any atom is 0.280 e. The predicted molar refractivity (Wildman–Crippen MR) is 131 cm³/mol. The summed E-state index contributed by atoms with van der Waals surface area (Å²) < 4.78 is 5.68. The number of hydrogen-bond donors (Lipinski definition) is 1. The Bertz CT molecular complexity index is 1260.